The van der Waals surface area contributed by atoms with Gasteiger partial charge in [-0.1, -0.05) is 18.2 Å². The molecule has 0 aliphatic carbocycles. The minimum atomic E-state index is -2.90. The molecule has 3 aromatic rings. The maximum absolute atomic E-state index is 12.3. The summed E-state index contributed by atoms with van der Waals surface area (Å²) in [5.41, 5.74) is 2.56. The highest BCUT2D eigenvalue weighted by Crippen LogP contribution is 2.27. The molecule has 0 bridgehead atoms. The Balaban J connectivity index is 2.01. The lowest BCUT2D eigenvalue weighted by atomic mass is 10.1. The number of hydrogen-bond acceptors (Lipinski definition) is 3. The summed E-state index contributed by atoms with van der Waals surface area (Å²) < 4.78 is 30.5. The number of benzene rings is 2. The molecule has 0 aliphatic heterocycles. The number of carboxylic acids is 1. The fourth-order valence-electron chi connectivity index (χ4n) is 2.40. The van der Waals surface area contributed by atoms with Crippen molar-refractivity contribution in [1.29, 1.82) is 0 Å². The lowest BCUT2D eigenvalue weighted by Crippen LogP contribution is -2.01. The molecule has 26 heavy (non-hydrogen) atoms. The number of hydrogen-bond donors (Lipinski definition) is 1. The third-order valence-electron chi connectivity index (χ3n) is 3.52. The third-order valence-corrected chi connectivity index (χ3v) is 3.52. The second kappa shape index (κ2) is 7.60. The molecule has 5 nitrogen and oxygen atoms in total. The van der Waals surface area contributed by atoms with E-state index < -0.39 is 12.6 Å². The van der Waals surface area contributed by atoms with Crippen molar-refractivity contribution in [2.45, 2.75) is 6.61 Å². The third kappa shape index (κ3) is 4.13. The largest absolute Gasteiger partial charge is 0.478 e. The van der Waals surface area contributed by atoms with Crippen molar-refractivity contribution < 1.29 is 23.4 Å². The van der Waals surface area contributed by atoms with Crippen LogP contribution in [0, 0.1) is 0 Å². The zero-order valence-electron chi connectivity index (χ0n) is 13.4. The normalized spacial score (nSPS) is 11.2. The number of halogens is 2. The van der Waals surface area contributed by atoms with Gasteiger partial charge < -0.3 is 9.84 Å². The van der Waals surface area contributed by atoms with Crippen molar-refractivity contribution >= 4 is 12.0 Å². The monoisotopic (exact) mass is 356 g/mol. The van der Waals surface area contributed by atoms with Crippen LogP contribution in [0.15, 0.2) is 66.9 Å². The van der Waals surface area contributed by atoms with E-state index in [1.807, 2.05) is 30.3 Å². The number of rotatable bonds is 6. The van der Waals surface area contributed by atoms with Gasteiger partial charge in [0, 0.05) is 23.4 Å². The SMILES string of the molecule is O=C(O)/C=C/c1cn(-c2ccccc2)nc1-c1ccc(OC(F)F)cc1. The van der Waals surface area contributed by atoms with E-state index in [9.17, 15) is 13.6 Å². The van der Waals surface area contributed by atoms with E-state index in [2.05, 4.69) is 9.84 Å². The first kappa shape index (κ1) is 17.3. The van der Waals surface area contributed by atoms with Crippen LogP contribution in [0.25, 0.3) is 23.0 Å². The Kier molecular flexibility index (Phi) is 5.07. The molecule has 0 radical (unpaired) electrons. The minimum absolute atomic E-state index is 0.0360. The molecule has 1 heterocycles. The fourth-order valence-corrected chi connectivity index (χ4v) is 2.40. The predicted octanol–water partition coefficient (Wildman–Crippen LogP) is 4.24. The molecule has 0 amide bonds. The number of nitrogens with zero attached hydrogens (tertiary/aromatic N) is 2. The molecular weight excluding hydrogens is 342 g/mol. The predicted molar refractivity (Wildman–Crippen MR) is 92.3 cm³/mol. The Morgan fingerprint density at radius 1 is 1.12 bits per heavy atom. The zero-order chi connectivity index (χ0) is 18.5. The summed E-state index contributed by atoms with van der Waals surface area (Å²) in [4.78, 5) is 10.8. The second-order valence-corrected chi connectivity index (χ2v) is 5.29. The molecule has 7 heteroatoms. The van der Waals surface area contributed by atoms with Crippen LogP contribution in [0.3, 0.4) is 0 Å². The van der Waals surface area contributed by atoms with Crippen molar-refractivity contribution in [3.63, 3.8) is 0 Å². The van der Waals surface area contributed by atoms with Gasteiger partial charge in [0.15, 0.2) is 0 Å². The minimum Gasteiger partial charge on any atom is -0.478 e. The number of carbonyl (C=O) groups is 1. The average molecular weight is 356 g/mol. The highest BCUT2D eigenvalue weighted by molar-refractivity contribution is 5.87. The molecule has 0 aliphatic rings. The molecule has 132 valence electrons. The number of ether oxygens (including phenoxy) is 1. The molecule has 1 N–H and O–H groups in total. The van der Waals surface area contributed by atoms with Gasteiger partial charge in [0.25, 0.3) is 0 Å². The van der Waals surface area contributed by atoms with E-state index in [4.69, 9.17) is 5.11 Å². The Morgan fingerprint density at radius 2 is 1.81 bits per heavy atom. The molecule has 0 saturated carbocycles. The Labute approximate surface area is 147 Å². The van der Waals surface area contributed by atoms with Gasteiger partial charge >= 0.3 is 12.6 Å². The smallest absolute Gasteiger partial charge is 0.387 e. The van der Waals surface area contributed by atoms with Crippen LogP contribution in [0.1, 0.15) is 5.56 Å². The standard InChI is InChI=1S/C19H14F2N2O3/c20-19(21)26-16-9-6-13(7-10-16)18-14(8-11-17(24)25)12-23(22-18)15-4-2-1-3-5-15/h1-12,19H,(H,24,25)/b11-8+. The molecule has 0 atom stereocenters. The van der Waals surface area contributed by atoms with Gasteiger partial charge in [0.2, 0.25) is 0 Å². The van der Waals surface area contributed by atoms with Crippen molar-refractivity contribution in [1.82, 2.24) is 9.78 Å². The summed E-state index contributed by atoms with van der Waals surface area (Å²) in [6.07, 6.45) is 4.16. The van der Waals surface area contributed by atoms with E-state index in [-0.39, 0.29) is 5.75 Å². The lowest BCUT2D eigenvalue weighted by molar-refractivity contribution is -0.131. The molecular formula is C19H14F2N2O3. The van der Waals surface area contributed by atoms with Crippen molar-refractivity contribution in [3.8, 4) is 22.7 Å². The molecule has 2 aromatic carbocycles. The van der Waals surface area contributed by atoms with Gasteiger partial charge in [-0.3, -0.25) is 0 Å². The van der Waals surface area contributed by atoms with E-state index in [1.165, 1.54) is 18.2 Å². The summed E-state index contributed by atoms with van der Waals surface area (Å²) in [5, 5.41) is 13.4. The molecule has 0 saturated heterocycles. The maximum atomic E-state index is 12.3. The van der Waals surface area contributed by atoms with Crippen molar-refractivity contribution in [2.24, 2.45) is 0 Å². The topological polar surface area (TPSA) is 64.3 Å². The maximum Gasteiger partial charge on any atom is 0.387 e. The molecule has 0 spiro atoms. The summed E-state index contributed by atoms with van der Waals surface area (Å²) in [5.74, 6) is -1.04. The first-order valence-electron chi connectivity index (χ1n) is 7.64. The van der Waals surface area contributed by atoms with E-state index in [0.717, 1.165) is 11.8 Å². The van der Waals surface area contributed by atoms with Crippen LogP contribution in [0.4, 0.5) is 8.78 Å². The van der Waals surface area contributed by atoms with Gasteiger partial charge in [-0.25, -0.2) is 9.48 Å². The van der Waals surface area contributed by atoms with Crippen LogP contribution in [-0.4, -0.2) is 27.5 Å². The lowest BCUT2D eigenvalue weighted by Gasteiger charge is -2.05. The highest BCUT2D eigenvalue weighted by Gasteiger charge is 2.12. The van der Waals surface area contributed by atoms with Gasteiger partial charge in [-0.05, 0) is 42.5 Å². The summed E-state index contributed by atoms with van der Waals surface area (Å²) in [6.45, 7) is -2.90. The second-order valence-electron chi connectivity index (χ2n) is 5.29. The van der Waals surface area contributed by atoms with Crippen LogP contribution < -0.4 is 4.74 Å². The van der Waals surface area contributed by atoms with E-state index >= 15 is 0 Å². The van der Waals surface area contributed by atoms with Gasteiger partial charge in [-0.15, -0.1) is 0 Å². The number of aromatic nitrogens is 2. The number of aliphatic carboxylic acids is 1. The van der Waals surface area contributed by atoms with Gasteiger partial charge in [-0.2, -0.15) is 13.9 Å². The van der Waals surface area contributed by atoms with Crippen molar-refractivity contribution in [2.75, 3.05) is 0 Å². The Morgan fingerprint density at radius 3 is 2.42 bits per heavy atom. The molecule has 0 unspecified atom stereocenters. The molecule has 3 rings (SSSR count). The number of alkyl halides is 2. The summed E-state index contributed by atoms with van der Waals surface area (Å²) in [7, 11) is 0. The summed E-state index contributed by atoms with van der Waals surface area (Å²) in [6, 6.07) is 15.3. The van der Waals surface area contributed by atoms with Crippen molar-refractivity contribution in [3.05, 3.63) is 72.4 Å². The number of para-hydroxylation sites is 1. The first-order valence-corrected chi connectivity index (χ1v) is 7.64. The highest BCUT2D eigenvalue weighted by atomic mass is 19.3. The molecule has 1 aromatic heterocycles. The average Bonchev–Trinajstić information content (AvgIpc) is 3.05. The van der Waals surface area contributed by atoms with E-state index in [1.54, 1.807) is 23.0 Å². The number of carboxylic acid groups (broad SMARTS) is 1. The summed E-state index contributed by atoms with van der Waals surface area (Å²) >= 11 is 0. The fraction of sp³-hybridized carbons (Fsp3) is 0.0526. The van der Waals surface area contributed by atoms with Gasteiger partial charge in [0.05, 0.1) is 11.4 Å². The molecule has 0 fully saturated rings. The van der Waals surface area contributed by atoms with Crippen LogP contribution in [0.5, 0.6) is 5.75 Å². The van der Waals surface area contributed by atoms with Crippen LogP contribution >= 0.6 is 0 Å². The zero-order valence-corrected chi connectivity index (χ0v) is 13.4. The van der Waals surface area contributed by atoms with Crippen LogP contribution in [-0.2, 0) is 4.79 Å². The van der Waals surface area contributed by atoms with Crippen LogP contribution in [0.2, 0.25) is 0 Å². The Bertz CT molecular complexity index is 920. The Hall–Kier alpha value is -3.48. The quantitative estimate of drug-likeness (QED) is 0.671. The van der Waals surface area contributed by atoms with E-state index in [0.29, 0.717) is 16.8 Å². The van der Waals surface area contributed by atoms with Gasteiger partial charge in [0.1, 0.15) is 5.75 Å². The first-order chi connectivity index (χ1) is 12.5.